The average molecular weight is 342 g/mol. The van der Waals surface area contributed by atoms with Crippen molar-refractivity contribution in [3.8, 4) is 0 Å². The summed E-state index contributed by atoms with van der Waals surface area (Å²) in [6.07, 6.45) is 1.03. The van der Waals surface area contributed by atoms with E-state index in [1.165, 1.54) is 6.92 Å². The van der Waals surface area contributed by atoms with Crippen LogP contribution in [0.2, 0.25) is 0 Å². The van der Waals surface area contributed by atoms with E-state index in [0.29, 0.717) is 6.61 Å². The number of nitrogens with one attached hydrogen (secondary N) is 1. The van der Waals surface area contributed by atoms with E-state index in [4.69, 9.17) is 9.47 Å². The van der Waals surface area contributed by atoms with Gasteiger partial charge in [-0.05, 0) is 26.8 Å². The molecule has 2 atom stereocenters. The minimum absolute atomic E-state index is 0. The number of esters is 1. The largest absolute Gasteiger partial charge is 0.457 e. The summed E-state index contributed by atoms with van der Waals surface area (Å²) in [7, 11) is 0. The molecule has 0 spiro atoms. The van der Waals surface area contributed by atoms with Crippen molar-refractivity contribution < 1.29 is 31.6 Å². The molecule has 1 aromatic rings. The number of aryl methyl sites for hydroxylation is 1. The van der Waals surface area contributed by atoms with Crippen LogP contribution in [0.1, 0.15) is 44.4 Å². The second-order valence-electron chi connectivity index (χ2n) is 6.21. The molecule has 0 aliphatic carbocycles. The third-order valence-corrected chi connectivity index (χ3v) is 3.53. The Morgan fingerprint density at radius 1 is 1.45 bits per heavy atom. The first-order valence-electron chi connectivity index (χ1n) is 7.41. The fourth-order valence-corrected chi connectivity index (χ4v) is 2.68. The Morgan fingerprint density at radius 2 is 2.18 bits per heavy atom. The van der Waals surface area contributed by atoms with E-state index < -0.39 is 5.60 Å². The topological polar surface area (TPSA) is 47.6 Å². The molecule has 1 fully saturated rings. The van der Waals surface area contributed by atoms with Crippen molar-refractivity contribution in [3.63, 3.8) is 0 Å². The molecular weight excluding hydrogens is 318 g/mol. The number of benzene rings is 1. The first-order chi connectivity index (χ1) is 9.87. The zero-order valence-electron chi connectivity index (χ0n) is 13.6. The van der Waals surface area contributed by atoms with Crippen molar-refractivity contribution >= 4 is 5.97 Å². The van der Waals surface area contributed by atoms with Crippen molar-refractivity contribution in [2.75, 3.05) is 13.2 Å². The van der Waals surface area contributed by atoms with Crippen LogP contribution in [0.4, 0.5) is 0 Å². The van der Waals surface area contributed by atoms with Gasteiger partial charge in [0.2, 0.25) is 0 Å². The van der Waals surface area contributed by atoms with E-state index in [-0.39, 0.29) is 35.5 Å². The SMILES string of the molecule is CC(=O)OC(C)(C)CO[C@@H]1CCN[C@@H]1c1[c-]c(C)ccc1.[Cr]. The summed E-state index contributed by atoms with van der Waals surface area (Å²) in [4.78, 5) is 11.1. The molecule has 0 radical (unpaired) electrons. The van der Waals surface area contributed by atoms with Gasteiger partial charge in [-0.2, -0.15) is 29.8 Å². The van der Waals surface area contributed by atoms with Crippen LogP contribution in [0.3, 0.4) is 0 Å². The van der Waals surface area contributed by atoms with Gasteiger partial charge >= 0.3 is 5.97 Å². The molecule has 0 unspecified atom stereocenters. The third kappa shape index (κ3) is 5.41. The van der Waals surface area contributed by atoms with Gasteiger partial charge in [0.05, 0.1) is 12.7 Å². The molecule has 0 amide bonds. The van der Waals surface area contributed by atoms with E-state index in [0.717, 1.165) is 24.1 Å². The van der Waals surface area contributed by atoms with Crippen LogP contribution in [0.25, 0.3) is 0 Å². The zero-order chi connectivity index (χ0) is 15.5. The van der Waals surface area contributed by atoms with Gasteiger partial charge in [0.15, 0.2) is 0 Å². The maximum absolute atomic E-state index is 11.1. The first kappa shape index (κ1) is 19.2. The molecule has 0 aromatic heterocycles. The Hall–Kier alpha value is -0.858. The van der Waals surface area contributed by atoms with Gasteiger partial charge in [-0.15, -0.1) is 5.56 Å². The van der Waals surface area contributed by atoms with Crippen molar-refractivity contribution in [1.82, 2.24) is 5.32 Å². The Bertz CT molecular complexity index is 504. The maximum atomic E-state index is 11.1. The maximum Gasteiger partial charge on any atom is 0.303 e. The van der Waals surface area contributed by atoms with Crippen LogP contribution in [-0.2, 0) is 31.6 Å². The summed E-state index contributed by atoms with van der Waals surface area (Å²) in [6, 6.07) is 9.69. The molecule has 1 aliphatic heterocycles. The Morgan fingerprint density at radius 3 is 2.82 bits per heavy atom. The second kappa shape index (κ2) is 8.12. The number of carbonyl (C=O) groups excluding carboxylic acids is 1. The summed E-state index contributed by atoms with van der Waals surface area (Å²) in [5.41, 5.74) is 1.65. The van der Waals surface area contributed by atoms with Crippen LogP contribution in [0, 0.1) is 13.0 Å². The van der Waals surface area contributed by atoms with Crippen LogP contribution >= 0.6 is 0 Å². The molecule has 1 aliphatic rings. The van der Waals surface area contributed by atoms with Crippen molar-refractivity contribution in [1.29, 1.82) is 0 Å². The first-order valence-corrected chi connectivity index (χ1v) is 7.41. The molecule has 0 bridgehead atoms. The van der Waals surface area contributed by atoms with Gasteiger partial charge in [-0.1, -0.05) is 6.92 Å². The van der Waals surface area contributed by atoms with Crippen LogP contribution in [0.5, 0.6) is 0 Å². The van der Waals surface area contributed by atoms with Gasteiger partial charge in [0, 0.05) is 30.3 Å². The van der Waals surface area contributed by atoms with Crippen molar-refractivity contribution in [3.05, 3.63) is 35.4 Å². The van der Waals surface area contributed by atoms with Gasteiger partial charge in [0.1, 0.15) is 5.60 Å². The summed E-state index contributed by atoms with van der Waals surface area (Å²) in [6.45, 7) is 8.50. The fourth-order valence-electron chi connectivity index (χ4n) is 2.68. The molecule has 122 valence electrons. The number of hydrogen-bond donors (Lipinski definition) is 1. The van der Waals surface area contributed by atoms with E-state index >= 15 is 0 Å². The monoisotopic (exact) mass is 342 g/mol. The standard InChI is InChI=1S/C17H24NO3.Cr/c1-12-6-5-7-14(10-12)16-15(8-9-18-16)20-11-17(3,4)21-13(2)19;/h5-7,15-16,18H,8-9,11H2,1-4H3;/q-1;/t15-,16-;/m1./s1. The van der Waals surface area contributed by atoms with E-state index in [1.807, 2.05) is 32.9 Å². The predicted octanol–water partition coefficient (Wildman–Crippen LogP) is 2.55. The Balaban J connectivity index is 0.00000242. The van der Waals surface area contributed by atoms with Crippen LogP contribution in [0.15, 0.2) is 18.2 Å². The average Bonchev–Trinajstić information content (AvgIpc) is 2.83. The van der Waals surface area contributed by atoms with Crippen LogP contribution < -0.4 is 5.32 Å². The molecule has 1 aromatic carbocycles. The molecule has 1 saturated heterocycles. The van der Waals surface area contributed by atoms with Gasteiger partial charge in [-0.25, -0.2) is 0 Å². The molecule has 22 heavy (non-hydrogen) atoms. The van der Waals surface area contributed by atoms with E-state index in [1.54, 1.807) is 0 Å². The summed E-state index contributed by atoms with van der Waals surface area (Å²) in [5.74, 6) is -0.281. The smallest absolute Gasteiger partial charge is 0.303 e. The predicted molar refractivity (Wildman–Crippen MR) is 81.0 cm³/mol. The minimum atomic E-state index is -0.602. The second-order valence-corrected chi connectivity index (χ2v) is 6.21. The number of rotatable bonds is 5. The van der Waals surface area contributed by atoms with Crippen molar-refractivity contribution in [2.24, 2.45) is 0 Å². The number of hydrogen-bond acceptors (Lipinski definition) is 4. The van der Waals surface area contributed by atoms with Crippen molar-refractivity contribution in [2.45, 2.75) is 51.9 Å². The molecule has 0 saturated carbocycles. The zero-order valence-corrected chi connectivity index (χ0v) is 14.9. The number of carbonyl (C=O) groups is 1. The summed E-state index contributed by atoms with van der Waals surface area (Å²) in [5, 5.41) is 3.46. The summed E-state index contributed by atoms with van der Waals surface area (Å²) >= 11 is 0. The normalized spacial score (nSPS) is 21.3. The van der Waals surface area contributed by atoms with E-state index in [9.17, 15) is 4.79 Å². The summed E-state index contributed by atoms with van der Waals surface area (Å²) < 4.78 is 11.3. The third-order valence-electron chi connectivity index (χ3n) is 3.53. The Labute approximate surface area is 143 Å². The molecule has 5 heteroatoms. The Kier molecular flexibility index (Phi) is 7.09. The van der Waals surface area contributed by atoms with E-state index in [2.05, 4.69) is 17.4 Å². The van der Waals surface area contributed by atoms with Gasteiger partial charge in [0.25, 0.3) is 0 Å². The molecule has 4 nitrogen and oxygen atoms in total. The quantitative estimate of drug-likeness (QED) is 0.660. The molecular formula is C17H24CrNO3-. The molecule has 1 heterocycles. The van der Waals surface area contributed by atoms with Crippen LogP contribution in [-0.4, -0.2) is 30.8 Å². The molecule has 2 rings (SSSR count). The van der Waals surface area contributed by atoms with Gasteiger partial charge in [-0.3, -0.25) is 4.79 Å². The van der Waals surface area contributed by atoms with Gasteiger partial charge < -0.3 is 14.8 Å². The molecule has 1 N–H and O–H groups in total. The number of ether oxygens (including phenoxy) is 2. The minimum Gasteiger partial charge on any atom is -0.457 e. The fraction of sp³-hybridized carbons (Fsp3) is 0.588.